The number of nitrogens with zero attached hydrogens (tertiary/aromatic N) is 3. The summed E-state index contributed by atoms with van der Waals surface area (Å²) in [6.45, 7) is 9.26. The number of hydrogen-bond acceptors (Lipinski definition) is 9. The molecule has 3 aliphatic heterocycles. The molecule has 2 aromatic carbocycles. The van der Waals surface area contributed by atoms with Crippen LogP contribution in [-0.4, -0.2) is 68.1 Å². The lowest BCUT2D eigenvalue weighted by molar-refractivity contribution is -0.153. The number of aryl methyl sites for hydroxylation is 2. The Balaban J connectivity index is 1.48. The first-order chi connectivity index (χ1) is 22.9. The van der Waals surface area contributed by atoms with Gasteiger partial charge in [0.15, 0.2) is 6.10 Å². The lowest BCUT2D eigenvalue weighted by Gasteiger charge is -2.50. The molecule has 2 atom stereocenters. The van der Waals surface area contributed by atoms with E-state index in [4.69, 9.17) is 9.47 Å². The van der Waals surface area contributed by atoms with Gasteiger partial charge in [0.25, 0.3) is 5.91 Å². The molecule has 11 nitrogen and oxygen atoms in total. The summed E-state index contributed by atoms with van der Waals surface area (Å²) in [6, 6.07) is 17.8. The number of hydrogen-bond donors (Lipinski definition) is 2. The van der Waals surface area contributed by atoms with Crippen LogP contribution in [0.15, 0.2) is 83.7 Å². The molecule has 2 N–H and O–H groups in total. The standard InChI is InChI=1S/C36H37N5O6S/c1-20-18-38-27(21(2)39-20)26(24-16-17-37-31(24)42)25-19-48-33-28(40-35(45)47-36(3,4)5)32(43)41(33)29(25)34(44)46-30(22-12-8-6-9-13-22)23-14-10-7-11-15-23/h6-15,18,28,30,33H,16-17,19H2,1-5H3,(H,37,42)(H,40,45)/t28-,33-/m1/s1. The minimum atomic E-state index is -0.931. The van der Waals surface area contributed by atoms with Gasteiger partial charge in [0.2, 0.25) is 5.91 Å². The van der Waals surface area contributed by atoms with E-state index in [-0.39, 0.29) is 17.4 Å². The van der Waals surface area contributed by atoms with Crippen LogP contribution in [0.4, 0.5) is 4.79 Å². The number of aromatic nitrogens is 2. The normalized spacial score (nSPS) is 20.2. The van der Waals surface area contributed by atoms with E-state index in [0.29, 0.717) is 46.8 Å². The number of allylic oxidation sites excluding steroid dienone is 1. The number of fused-ring (bicyclic) bond motifs is 1. The summed E-state index contributed by atoms with van der Waals surface area (Å²) in [5, 5.41) is 4.93. The zero-order chi connectivity index (χ0) is 34.2. The molecule has 0 bridgehead atoms. The van der Waals surface area contributed by atoms with Crippen molar-refractivity contribution in [2.45, 2.75) is 64.2 Å². The van der Waals surface area contributed by atoms with E-state index >= 15 is 0 Å². The van der Waals surface area contributed by atoms with Crippen LogP contribution in [0, 0.1) is 13.8 Å². The van der Waals surface area contributed by atoms with Gasteiger partial charge >= 0.3 is 12.1 Å². The Morgan fingerprint density at radius 1 is 1.02 bits per heavy atom. The molecule has 0 spiro atoms. The molecule has 0 aliphatic carbocycles. The molecule has 0 unspecified atom stereocenters. The summed E-state index contributed by atoms with van der Waals surface area (Å²) in [7, 11) is 0. The molecule has 3 aromatic rings. The van der Waals surface area contributed by atoms with E-state index in [2.05, 4.69) is 20.6 Å². The van der Waals surface area contributed by atoms with E-state index in [9.17, 15) is 19.2 Å². The van der Waals surface area contributed by atoms with Crippen molar-refractivity contribution in [2.24, 2.45) is 0 Å². The van der Waals surface area contributed by atoms with Gasteiger partial charge in [-0.3, -0.25) is 24.5 Å². The molecule has 2 fully saturated rings. The van der Waals surface area contributed by atoms with Crippen LogP contribution in [0.1, 0.15) is 61.5 Å². The maximum absolute atomic E-state index is 14.6. The summed E-state index contributed by atoms with van der Waals surface area (Å²) in [5.74, 6) is -1.28. The Labute approximate surface area is 283 Å². The van der Waals surface area contributed by atoms with E-state index in [0.717, 1.165) is 11.1 Å². The lowest BCUT2D eigenvalue weighted by atomic mass is 9.91. The SMILES string of the molecule is Cc1cnc(C(=C2CCNC2=O)C2=C(C(=O)OC(c3ccccc3)c3ccccc3)N3C(=O)[C@@H](NC(=O)OC(C)(C)C)[C@H]3SC2)c(C)n1. The number of amides is 3. The number of alkyl carbamates (subject to hydrolysis) is 1. The van der Waals surface area contributed by atoms with Gasteiger partial charge in [0.1, 0.15) is 22.7 Å². The average molecular weight is 668 g/mol. The van der Waals surface area contributed by atoms with Crippen LogP contribution in [0.5, 0.6) is 0 Å². The molecule has 2 saturated heterocycles. The highest BCUT2D eigenvalue weighted by molar-refractivity contribution is 8.00. The van der Waals surface area contributed by atoms with Crippen LogP contribution in [-0.2, 0) is 23.9 Å². The number of ether oxygens (including phenoxy) is 2. The largest absolute Gasteiger partial charge is 0.448 e. The maximum Gasteiger partial charge on any atom is 0.408 e. The molecule has 6 rings (SSSR count). The average Bonchev–Trinajstić information content (AvgIpc) is 3.48. The molecular formula is C36H37N5O6S. The fourth-order valence-corrected chi connectivity index (χ4v) is 7.41. The second-order valence-corrected chi connectivity index (χ2v) is 13.9. The number of esters is 1. The Bertz CT molecular complexity index is 1800. The molecule has 3 aliphatic rings. The predicted octanol–water partition coefficient (Wildman–Crippen LogP) is 4.76. The minimum absolute atomic E-state index is 0.00632. The van der Waals surface area contributed by atoms with Gasteiger partial charge < -0.3 is 20.1 Å². The predicted molar refractivity (Wildman–Crippen MR) is 180 cm³/mol. The zero-order valence-electron chi connectivity index (χ0n) is 27.4. The highest BCUT2D eigenvalue weighted by Gasteiger charge is 2.55. The lowest BCUT2D eigenvalue weighted by Crippen LogP contribution is -2.70. The molecular weight excluding hydrogens is 630 g/mol. The molecule has 4 heterocycles. The summed E-state index contributed by atoms with van der Waals surface area (Å²) in [4.78, 5) is 65.1. The van der Waals surface area contributed by atoms with Crippen molar-refractivity contribution in [3.8, 4) is 0 Å². The number of benzene rings is 2. The molecule has 0 saturated carbocycles. The first kappa shape index (κ1) is 33.0. The van der Waals surface area contributed by atoms with Gasteiger partial charge in [0, 0.05) is 35.2 Å². The second-order valence-electron chi connectivity index (χ2n) is 12.8. The van der Waals surface area contributed by atoms with Gasteiger partial charge in [-0.05, 0) is 52.2 Å². The molecule has 0 radical (unpaired) electrons. The summed E-state index contributed by atoms with van der Waals surface area (Å²) < 4.78 is 11.7. The number of carbonyl (C=O) groups is 4. The summed E-state index contributed by atoms with van der Waals surface area (Å²) in [6.07, 6.45) is 0.490. The Morgan fingerprint density at radius 3 is 2.23 bits per heavy atom. The van der Waals surface area contributed by atoms with Crippen molar-refractivity contribution in [3.63, 3.8) is 0 Å². The van der Waals surface area contributed by atoms with Gasteiger partial charge in [-0.15, -0.1) is 11.8 Å². The van der Waals surface area contributed by atoms with Crippen molar-refractivity contribution >= 4 is 41.2 Å². The number of rotatable bonds is 7. The van der Waals surface area contributed by atoms with E-state index < -0.39 is 41.1 Å². The first-order valence-corrected chi connectivity index (χ1v) is 16.8. The molecule has 1 aromatic heterocycles. The zero-order valence-corrected chi connectivity index (χ0v) is 28.2. The smallest absolute Gasteiger partial charge is 0.408 e. The summed E-state index contributed by atoms with van der Waals surface area (Å²) >= 11 is 1.37. The first-order valence-electron chi connectivity index (χ1n) is 15.7. The van der Waals surface area contributed by atoms with Crippen LogP contribution in [0.2, 0.25) is 0 Å². The van der Waals surface area contributed by atoms with Crippen LogP contribution in [0.3, 0.4) is 0 Å². The van der Waals surface area contributed by atoms with Crippen molar-refractivity contribution in [1.82, 2.24) is 25.5 Å². The number of β-lactam (4-membered cyclic amide) rings is 1. The van der Waals surface area contributed by atoms with E-state index in [1.165, 1.54) is 16.7 Å². The van der Waals surface area contributed by atoms with Gasteiger partial charge in [0.05, 0.1) is 17.1 Å². The third kappa shape index (κ3) is 6.57. The van der Waals surface area contributed by atoms with Crippen molar-refractivity contribution in [1.29, 1.82) is 0 Å². The van der Waals surface area contributed by atoms with Crippen LogP contribution in [0.25, 0.3) is 5.57 Å². The molecule has 248 valence electrons. The third-order valence-electron chi connectivity index (χ3n) is 8.11. The number of carbonyl (C=O) groups excluding carboxylic acids is 4. The fourth-order valence-electron chi connectivity index (χ4n) is 6.05. The van der Waals surface area contributed by atoms with Crippen LogP contribution >= 0.6 is 11.8 Å². The molecule has 3 amide bonds. The van der Waals surface area contributed by atoms with E-state index in [1.54, 1.807) is 33.9 Å². The quantitative estimate of drug-likeness (QED) is 0.207. The van der Waals surface area contributed by atoms with Crippen LogP contribution < -0.4 is 10.6 Å². The Hall–Kier alpha value is -4.97. The second kappa shape index (κ2) is 13.3. The minimum Gasteiger partial charge on any atom is -0.448 e. The number of thioether (sulfide) groups is 1. The Kier molecular flexibility index (Phi) is 9.11. The molecule has 12 heteroatoms. The van der Waals surface area contributed by atoms with Gasteiger partial charge in [-0.1, -0.05) is 60.7 Å². The maximum atomic E-state index is 14.6. The topological polar surface area (TPSA) is 140 Å². The molecule has 48 heavy (non-hydrogen) atoms. The summed E-state index contributed by atoms with van der Waals surface area (Å²) in [5.41, 5.74) is 3.81. The van der Waals surface area contributed by atoms with Crippen molar-refractivity contribution in [2.75, 3.05) is 12.3 Å². The van der Waals surface area contributed by atoms with Crippen molar-refractivity contribution < 1.29 is 28.7 Å². The Morgan fingerprint density at radius 2 is 1.67 bits per heavy atom. The highest BCUT2D eigenvalue weighted by Crippen LogP contribution is 2.46. The third-order valence-corrected chi connectivity index (χ3v) is 9.39. The van der Waals surface area contributed by atoms with Gasteiger partial charge in [-0.25, -0.2) is 9.59 Å². The van der Waals surface area contributed by atoms with Gasteiger partial charge in [-0.2, -0.15) is 0 Å². The fraction of sp³-hybridized carbons (Fsp3) is 0.333. The van der Waals surface area contributed by atoms with Crippen molar-refractivity contribution in [3.05, 3.63) is 112 Å². The number of nitrogens with one attached hydrogen (secondary N) is 2. The van der Waals surface area contributed by atoms with E-state index in [1.807, 2.05) is 67.6 Å². The highest BCUT2D eigenvalue weighted by atomic mass is 32.2. The monoisotopic (exact) mass is 667 g/mol.